The lowest BCUT2D eigenvalue weighted by molar-refractivity contribution is 0.372. The highest BCUT2D eigenvalue weighted by atomic mass is 32.2. The molecule has 100 valence electrons. The van der Waals surface area contributed by atoms with Crippen molar-refractivity contribution in [3.8, 4) is 0 Å². The molecule has 0 unspecified atom stereocenters. The van der Waals surface area contributed by atoms with E-state index in [1.165, 1.54) is 18.4 Å². The molecule has 1 aromatic rings. The van der Waals surface area contributed by atoms with Crippen molar-refractivity contribution < 1.29 is 8.42 Å². The lowest BCUT2D eigenvalue weighted by Crippen LogP contribution is -2.28. The fraction of sp³-hybridized carbons (Fsp3) is 0.538. The molecule has 0 atom stereocenters. The van der Waals surface area contributed by atoms with Crippen LogP contribution in [0.25, 0.3) is 0 Å². The van der Waals surface area contributed by atoms with Crippen LogP contribution >= 0.6 is 0 Å². The molecule has 0 radical (unpaired) electrons. The minimum Gasteiger partial charge on any atom is -0.317 e. The van der Waals surface area contributed by atoms with Crippen LogP contribution in [0.2, 0.25) is 0 Å². The predicted molar refractivity (Wildman–Crippen MR) is 74.2 cm³/mol. The van der Waals surface area contributed by atoms with Gasteiger partial charge in [0.15, 0.2) is 0 Å². The van der Waals surface area contributed by atoms with Crippen molar-refractivity contribution in [2.45, 2.75) is 19.3 Å². The van der Waals surface area contributed by atoms with Crippen molar-refractivity contribution in [2.75, 3.05) is 24.1 Å². The van der Waals surface area contributed by atoms with Crippen molar-refractivity contribution in [1.82, 2.24) is 5.32 Å². The molecule has 1 aliphatic heterocycles. The maximum Gasteiger partial charge on any atom is 0.229 e. The van der Waals surface area contributed by atoms with Gasteiger partial charge in [-0.25, -0.2) is 8.42 Å². The Morgan fingerprint density at radius 3 is 2.39 bits per heavy atom. The molecule has 2 rings (SSSR count). The van der Waals surface area contributed by atoms with Crippen molar-refractivity contribution in [2.24, 2.45) is 5.92 Å². The minimum atomic E-state index is -3.18. The second kappa shape index (κ2) is 5.71. The first-order valence-electron chi connectivity index (χ1n) is 6.30. The third kappa shape index (κ3) is 4.31. The van der Waals surface area contributed by atoms with Crippen LogP contribution in [0.5, 0.6) is 0 Å². The molecular weight excluding hydrogens is 248 g/mol. The zero-order chi connectivity index (χ0) is 13.0. The Morgan fingerprint density at radius 1 is 1.22 bits per heavy atom. The second-order valence-corrected chi connectivity index (χ2v) is 6.72. The molecule has 0 amide bonds. The first kappa shape index (κ1) is 13.4. The van der Waals surface area contributed by atoms with Crippen LogP contribution in [0.1, 0.15) is 18.4 Å². The summed E-state index contributed by atoms with van der Waals surface area (Å²) in [6.07, 6.45) is 4.70. The fourth-order valence-electron chi connectivity index (χ4n) is 2.34. The maximum absolute atomic E-state index is 11.1. The average Bonchev–Trinajstić information content (AvgIpc) is 2.31. The summed E-state index contributed by atoms with van der Waals surface area (Å²) in [5, 5.41) is 3.36. The summed E-state index contributed by atoms with van der Waals surface area (Å²) in [5.41, 5.74) is 1.91. The molecule has 1 fully saturated rings. The lowest BCUT2D eigenvalue weighted by Gasteiger charge is -2.22. The molecule has 0 aromatic heterocycles. The Bertz CT molecular complexity index is 476. The molecule has 2 N–H and O–H groups in total. The molecule has 1 aromatic carbocycles. The van der Waals surface area contributed by atoms with E-state index in [0.717, 1.165) is 31.7 Å². The van der Waals surface area contributed by atoms with Crippen LogP contribution in [-0.4, -0.2) is 27.8 Å². The largest absolute Gasteiger partial charge is 0.317 e. The van der Waals surface area contributed by atoms with Gasteiger partial charge in [-0.15, -0.1) is 0 Å². The summed E-state index contributed by atoms with van der Waals surface area (Å²) in [6.45, 7) is 2.22. The van der Waals surface area contributed by atoms with Crippen molar-refractivity contribution in [3.63, 3.8) is 0 Å². The predicted octanol–water partition coefficient (Wildman–Crippen LogP) is 1.60. The highest BCUT2D eigenvalue weighted by Gasteiger charge is 2.13. The smallest absolute Gasteiger partial charge is 0.229 e. The lowest BCUT2D eigenvalue weighted by atomic mass is 9.91. The zero-order valence-corrected chi connectivity index (χ0v) is 11.5. The molecule has 4 nitrogen and oxygen atoms in total. The Labute approximate surface area is 109 Å². The number of sulfonamides is 1. The van der Waals surface area contributed by atoms with E-state index in [-0.39, 0.29) is 0 Å². The number of piperidine rings is 1. The van der Waals surface area contributed by atoms with Gasteiger partial charge in [0.2, 0.25) is 10.0 Å². The summed E-state index contributed by atoms with van der Waals surface area (Å²) in [7, 11) is -3.18. The fourth-order valence-corrected chi connectivity index (χ4v) is 2.91. The van der Waals surface area contributed by atoms with Crippen molar-refractivity contribution in [3.05, 3.63) is 29.8 Å². The van der Waals surface area contributed by atoms with E-state index in [0.29, 0.717) is 5.69 Å². The first-order chi connectivity index (χ1) is 8.53. The van der Waals surface area contributed by atoms with Gasteiger partial charge < -0.3 is 5.32 Å². The second-order valence-electron chi connectivity index (χ2n) is 4.97. The Hall–Kier alpha value is -1.07. The normalized spacial score (nSPS) is 17.6. The number of nitrogens with one attached hydrogen (secondary N) is 2. The molecule has 1 heterocycles. The molecule has 0 aliphatic carbocycles. The number of hydrogen-bond acceptors (Lipinski definition) is 3. The van der Waals surface area contributed by atoms with Crippen LogP contribution in [0.3, 0.4) is 0 Å². The molecule has 0 spiro atoms. The Balaban J connectivity index is 1.94. The SMILES string of the molecule is CS(=O)(=O)Nc1ccc(CC2CCNCC2)cc1. The number of anilines is 1. The molecule has 18 heavy (non-hydrogen) atoms. The Kier molecular flexibility index (Phi) is 4.24. The first-order valence-corrected chi connectivity index (χ1v) is 8.19. The van der Waals surface area contributed by atoms with E-state index >= 15 is 0 Å². The van der Waals surface area contributed by atoms with E-state index in [9.17, 15) is 8.42 Å². The molecular formula is C13H20N2O2S. The van der Waals surface area contributed by atoms with E-state index in [1.54, 1.807) is 0 Å². The molecule has 0 saturated carbocycles. The van der Waals surface area contributed by atoms with Crippen LogP contribution in [-0.2, 0) is 16.4 Å². The molecule has 1 saturated heterocycles. The summed E-state index contributed by atoms with van der Waals surface area (Å²) in [5.74, 6) is 0.750. The summed E-state index contributed by atoms with van der Waals surface area (Å²) in [6, 6.07) is 7.68. The number of hydrogen-bond donors (Lipinski definition) is 2. The van der Waals surface area contributed by atoms with Crippen molar-refractivity contribution >= 4 is 15.7 Å². The summed E-state index contributed by atoms with van der Waals surface area (Å²) >= 11 is 0. The van der Waals surface area contributed by atoms with Crippen LogP contribution < -0.4 is 10.0 Å². The molecule has 1 aliphatic rings. The maximum atomic E-state index is 11.1. The van der Waals surface area contributed by atoms with Gasteiger partial charge in [0.05, 0.1) is 6.26 Å². The van der Waals surface area contributed by atoms with Gasteiger partial charge in [-0.3, -0.25) is 4.72 Å². The Morgan fingerprint density at radius 2 is 1.83 bits per heavy atom. The van der Waals surface area contributed by atoms with Crippen LogP contribution in [0.4, 0.5) is 5.69 Å². The highest BCUT2D eigenvalue weighted by Crippen LogP contribution is 2.19. The van der Waals surface area contributed by atoms with Gasteiger partial charge in [-0.05, 0) is 56.0 Å². The zero-order valence-electron chi connectivity index (χ0n) is 10.6. The third-order valence-corrected chi connectivity index (χ3v) is 3.85. The number of rotatable bonds is 4. The summed E-state index contributed by atoms with van der Waals surface area (Å²) < 4.78 is 24.6. The molecule has 5 heteroatoms. The van der Waals surface area contributed by atoms with E-state index in [4.69, 9.17) is 0 Å². The van der Waals surface area contributed by atoms with E-state index < -0.39 is 10.0 Å². The van der Waals surface area contributed by atoms with Gasteiger partial charge >= 0.3 is 0 Å². The van der Waals surface area contributed by atoms with Gasteiger partial charge in [0.25, 0.3) is 0 Å². The highest BCUT2D eigenvalue weighted by molar-refractivity contribution is 7.92. The minimum absolute atomic E-state index is 0.631. The van der Waals surface area contributed by atoms with Gasteiger partial charge in [0.1, 0.15) is 0 Å². The van der Waals surface area contributed by atoms with E-state index in [2.05, 4.69) is 10.0 Å². The standard InChI is InChI=1S/C13H20N2O2S/c1-18(16,17)15-13-4-2-11(3-5-13)10-12-6-8-14-9-7-12/h2-5,12,14-15H,6-10H2,1H3. The van der Waals surface area contributed by atoms with Crippen LogP contribution in [0.15, 0.2) is 24.3 Å². The average molecular weight is 268 g/mol. The van der Waals surface area contributed by atoms with E-state index in [1.807, 2.05) is 24.3 Å². The topological polar surface area (TPSA) is 58.2 Å². The molecule has 0 bridgehead atoms. The van der Waals surface area contributed by atoms with Crippen molar-refractivity contribution in [1.29, 1.82) is 0 Å². The van der Waals surface area contributed by atoms with Gasteiger partial charge in [0, 0.05) is 5.69 Å². The quantitative estimate of drug-likeness (QED) is 0.872. The summed E-state index contributed by atoms with van der Waals surface area (Å²) in [4.78, 5) is 0. The number of benzene rings is 1. The third-order valence-electron chi connectivity index (χ3n) is 3.24. The van der Waals surface area contributed by atoms with Gasteiger partial charge in [-0.1, -0.05) is 12.1 Å². The van der Waals surface area contributed by atoms with Crippen LogP contribution in [0, 0.1) is 5.92 Å². The monoisotopic (exact) mass is 268 g/mol. The van der Waals surface area contributed by atoms with Gasteiger partial charge in [-0.2, -0.15) is 0 Å².